The molecule has 6 heteroatoms. The summed E-state index contributed by atoms with van der Waals surface area (Å²) in [7, 11) is 0. The van der Waals surface area contributed by atoms with Crippen LogP contribution in [-0.4, -0.2) is 34.2 Å². The van der Waals surface area contributed by atoms with Crippen molar-refractivity contribution in [3.05, 3.63) is 36.2 Å². The highest BCUT2D eigenvalue weighted by Gasteiger charge is 2.36. The Hall–Kier alpha value is -1.43. The molecular formula is C17H25ClN4O. The van der Waals surface area contributed by atoms with Gasteiger partial charge in [-0.3, -0.25) is 4.90 Å². The van der Waals surface area contributed by atoms with E-state index in [1.165, 1.54) is 0 Å². The van der Waals surface area contributed by atoms with Crippen LogP contribution in [0.25, 0.3) is 11.4 Å². The van der Waals surface area contributed by atoms with Crippen LogP contribution in [-0.2, 0) is 0 Å². The summed E-state index contributed by atoms with van der Waals surface area (Å²) in [6, 6.07) is 10.3. The van der Waals surface area contributed by atoms with Gasteiger partial charge in [0.1, 0.15) is 0 Å². The van der Waals surface area contributed by atoms with Crippen molar-refractivity contribution in [3.8, 4) is 11.4 Å². The topological polar surface area (TPSA) is 68.2 Å². The number of nitrogens with zero attached hydrogens (tertiary/aromatic N) is 3. The molecule has 0 spiro atoms. The lowest BCUT2D eigenvalue weighted by Gasteiger charge is -2.44. The standard InChI is InChI=1S/C17H24N4O.ClH/c1-12(21-10-9-14(18)17(2,3)11-21)16-19-15(20-22-16)13-7-5-4-6-8-13;/h4-8,12,14H,9-11,18H2,1-3H3;1H. The Morgan fingerprint density at radius 2 is 2.00 bits per heavy atom. The fourth-order valence-electron chi connectivity index (χ4n) is 3.01. The van der Waals surface area contributed by atoms with Gasteiger partial charge in [-0.2, -0.15) is 4.98 Å². The summed E-state index contributed by atoms with van der Waals surface area (Å²) in [6.45, 7) is 8.47. The smallest absolute Gasteiger partial charge is 0.244 e. The van der Waals surface area contributed by atoms with Gasteiger partial charge in [-0.05, 0) is 18.8 Å². The van der Waals surface area contributed by atoms with Gasteiger partial charge < -0.3 is 10.3 Å². The number of piperidine rings is 1. The van der Waals surface area contributed by atoms with Crippen molar-refractivity contribution in [1.29, 1.82) is 0 Å². The number of aromatic nitrogens is 2. The van der Waals surface area contributed by atoms with E-state index in [1.807, 2.05) is 30.3 Å². The molecule has 0 aliphatic carbocycles. The van der Waals surface area contributed by atoms with Gasteiger partial charge in [-0.1, -0.05) is 49.3 Å². The van der Waals surface area contributed by atoms with E-state index in [2.05, 4.69) is 35.8 Å². The average molecular weight is 337 g/mol. The molecule has 0 amide bonds. The molecule has 1 aliphatic rings. The van der Waals surface area contributed by atoms with Crippen molar-refractivity contribution >= 4 is 12.4 Å². The van der Waals surface area contributed by atoms with Crippen molar-refractivity contribution in [1.82, 2.24) is 15.0 Å². The predicted molar refractivity (Wildman–Crippen MR) is 93.3 cm³/mol. The third-order valence-electron chi connectivity index (χ3n) is 4.72. The summed E-state index contributed by atoms with van der Waals surface area (Å²) in [5.74, 6) is 1.32. The number of halogens is 1. The molecule has 2 atom stereocenters. The predicted octanol–water partition coefficient (Wildman–Crippen LogP) is 3.28. The molecule has 5 nitrogen and oxygen atoms in total. The van der Waals surface area contributed by atoms with Crippen LogP contribution in [0, 0.1) is 5.41 Å². The molecule has 2 N–H and O–H groups in total. The number of hydrogen-bond donors (Lipinski definition) is 1. The Bertz CT molecular complexity index is 629. The van der Waals surface area contributed by atoms with Crippen LogP contribution >= 0.6 is 12.4 Å². The van der Waals surface area contributed by atoms with Gasteiger partial charge in [0, 0.05) is 24.7 Å². The Kier molecular flexibility index (Phi) is 5.45. The largest absolute Gasteiger partial charge is 0.337 e. The molecule has 0 bridgehead atoms. The van der Waals surface area contributed by atoms with Crippen molar-refractivity contribution in [2.24, 2.45) is 11.1 Å². The fraction of sp³-hybridized carbons (Fsp3) is 0.529. The molecule has 2 heterocycles. The summed E-state index contributed by atoms with van der Waals surface area (Å²) >= 11 is 0. The normalized spacial score (nSPS) is 22.3. The van der Waals surface area contributed by atoms with Crippen LogP contribution in [0.3, 0.4) is 0 Å². The van der Waals surface area contributed by atoms with Crippen molar-refractivity contribution in [2.45, 2.75) is 39.3 Å². The zero-order chi connectivity index (χ0) is 15.7. The van der Waals surface area contributed by atoms with E-state index in [9.17, 15) is 0 Å². The second-order valence-corrected chi connectivity index (χ2v) is 6.85. The van der Waals surface area contributed by atoms with E-state index in [0.717, 1.165) is 25.1 Å². The van der Waals surface area contributed by atoms with Gasteiger partial charge in [0.2, 0.25) is 11.7 Å². The number of hydrogen-bond acceptors (Lipinski definition) is 5. The molecule has 1 aromatic heterocycles. The molecule has 2 aromatic rings. The highest BCUT2D eigenvalue weighted by molar-refractivity contribution is 5.85. The van der Waals surface area contributed by atoms with E-state index in [4.69, 9.17) is 10.3 Å². The SMILES string of the molecule is CC(c1nc(-c2ccccc2)no1)N1CCC(N)C(C)(C)C1.Cl. The minimum absolute atomic E-state index is 0. The van der Waals surface area contributed by atoms with Crippen molar-refractivity contribution in [3.63, 3.8) is 0 Å². The quantitative estimate of drug-likeness (QED) is 0.931. The minimum Gasteiger partial charge on any atom is -0.337 e. The maximum atomic E-state index is 6.22. The van der Waals surface area contributed by atoms with E-state index in [-0.39, 0.29) is 29.9 Å². The van der Waals surface area contributed by atoms with Gasteiger partial charge >= 0.3 is 0 Å². The third-order valence-corrected chi connectivity index (χ3v) is 4.72. The van der Waals surface area contributed by atoms with E-state index in [0.29, 0.717) is 11.7 Å². The number of benzene rings is 1. The molecule has 3 rings (SSSR count). The lowest BCUT2D eigenvalue weighted by molar-refractivity contribution is 0.0549. The van der Waals surface area contributed by atoms with Gasteiger partial charge in [-0.25, -0.2) is 0 Å². The van der Waals surface area contributed by atoms with Crippen LogP contribution in [0.15, 0.2) is 34.9 Å². The second kappa shape index (κ2) is 6.99. The third kappa shape index (κ3) is 3.74. The molecule has 2 unspecified atom stereocenters. The van der Waals surface area contributed by atoms with Crippen LogP contribution in [0.2, 0.25) is 0 Å². The highest BCUT2D eigenvalue weighted by atomic mass is 35.5. The number of nitrogens with two attached hydrogens (primary N) is 1. The molecule has 1 saturated heterocycles. The van der Waals surface area contributed by atoms with Gasteiger partial charge in [0.15, 0.2) is 0 Å². The van der Waals surface area contributed by atoms with Crippen LogP contribution in [0.4, 0.5) is 0 Å². The zero-order valence-electron chi connectivity index (χ0n) is 13.9. The monoisotopic (exact) mass is 336 g/mol. The van der Waals surface area contributed by atoms with E-state index in [1.54, 1.807) is 0 Å². The minimum atomic E-state index is 0. The Balaban J connectivity index is 0.00000192. The lowest BCUT2D eigenvalue weighted by Crippen LogP contribution is -2.52. The summed E-state index contributed by atoms with van der Waals surface area (Å²) in [5, 5.41) is 4.12. The molecule has 0 radical (unpaired) electrons. The molecule has 1 fully saturated rings. The molecule has 0 saturated carbocycles. The molecular weight excluding hydrogens is 312 g/mol. The van der Waals surface area contributed by atoms with Crippen LogP contribution in [0.5, 0.6) is 0 Å². The highest BCUT2D eigenvalue weighted by Crippen LogP contribution is 2.32. The van der Waals surface area contributed by atoms with Crippen molar-refractivity contribution in [2.75, 3.05) is 13.1 Å². The number of likely N-dealkylation sites (tertiary alicyclic amines) is 1. The van der Waals surface area contributed by atoms with Crippen LogP contribution in [0.1, 0.15) is 39.1 Å². The second-order valence-electron chi connectivity index (χ2n) is 6.85. The lowest BCUT2D eigenvalue weighted by atomic mass is 9.79. The summed E-state index contributed by atoms with van der Waals surface area (Å²) in [4.78, 5) is 6.95. The average Bonchev–Trinajstić information content (AvgIpc) is 3.00. The molecule has 126 valence electrons. The first-order valence-electron chi connectivity index (χ1n) is 7.86. The molecule has 1 aliphatic heterocycles. The fourth-order valence-corrected chi connectivity index (χ4v) is 3.01. The van der Waals surface area contributed by atoms with Crippen LogP contribution < -0.4 is 5.73 Å². The maximum absolute atomic E-state index is 6.22. The molecule has 23 heavy (non-hydrogen) atoms. The zero-order valence-corrected chi connectivity index (χ0v) is 14.7. The Morgan fingerprint density at radius 1 is 1.30 bits per heavy atom. The first-order valence-corrected chi connectivity index (χ1v) is 7.86. The summed E-state index contributed by atoms with van der Waals surface area (Å²) in [5.41, 5.74) is 7.30. The first kappa shape index (κ1) is 17.9. The Labute approximate surface area is 143 Å². The number of rotatable bonds is 3. The van der Waals surface area contributed by atoms with Gasteiger partial charge in [-0.15, -0.1) is 12.4 Å². The van der Waals surface area contributed by atoms with Crippen molar-refractivity contribution < 1.29 is 4.52 Å². The van der Waals surface area contributed by atoms with E-state index >= 15 is 0 Å². The maximum Gasteiger partial charge on any atom is 0.244 e. The summed E-state index contributed by atoms with van der Waals surface area (Å²) < 4.78 is 5.50. The Morgan fingerprint density at radius 3 is 2.65 bits per heavy atom. The summed E-state index contributed by atoms with van der Waals surface area (Å²) in [6.07, 6.45) is 0.997. The molecule has 1 aromatic carbocycles. The van der Waals surface area contributed by atoms with Gasteiger partial charge in [0.25, 0.3) is 0 Å². The first-order chi connectivity index (χ1) is 10.5. The van der Waals surface area contributed by atoms with Gasteiger partial charge in [0.05, 0.1) is 6.04 Å². The van der Waals surface area contributed by atoms with E-state index < -0.39 is 0 Å².